The molecule has 1 aliphatic rings. The third kappa shape index (κ3) is 3.56. The molecule has 1 aromatic rings. The molecule has 1 atom stereocenters. The number of rotatable bonds is 3. The number of hydrogen-bond donors (Lipinski definition) is 0. The topological polar surface area (TPSA) is 37.4 Å². The Hall–Kier alpha value is 0.440. The summed E-state index contributed by atoms with van der Waals surface area (Å²) in [5.41, 5.74) is 0. The van der Waals surface area contributed by atoms with E-state index in [-0.39, 0.29) is 0 Å². The lowest BCUT2D eigenvalue weighted by Gasteiger charge is -2.31. The minimum Gasteiger partial charge on any atom is -0.207 e. The molecule has 1 fully saturated rings. The molecule has 0 radical (unpaired) electrons. The standard InChI is InChI=1S/C12H15Br2NO2S2/c1-2-10-8-15(5-6-18-10)19(16,17)12-7-9(13)3-4-11(12)14/h3-4,7,10H,2,5-6,8H2,1H3. The van der Waals surface area contributed by atoms with Gasteiger partial charge >= 0.3 is 0 Å². The van der Waals surface area contributed by atoms with Crippen LogP contribution < -0.4 is 0 Å². The normalized spacial score (nSPS) is 21.5. The molecule has 0 amide bonds. The first kappa shape index (κ1) is 15.8. The van der Waals surface area contributed by atoms with Gasteiger partial charge in [0.15, 0.2) is 0 Å². The van der Waals surface area contributed by atoms with Crippen molar-refractivity contribution in [3.8, 4) is 0 Å². The molecular weight excluding hydrogens is 414 g/mol. The van der Waals surface area contributed by atoms with E-state index in [9.17, 15) is 8.42 Å². The van der Waals surface area contributed by atoms with Gasteiger partial charge in [0.05, 0.1) is 4.90 Å². The number of nitrogens with zero attached hydrogens (tertiary/aromatic N) is 1. The van der Waals surface area contributed by atoms with Crippen LogP contribution in [0, 0.1) is 0 Å². The predicted octanol–water partition coefficient (Wildman–Crippen LogP) is 3.73. The van der Waals surface area contributed by atoms with E-state index in [2.05, 4.69) is 38.8 Å². The number of thioether (sulfide) groups is 1. The smallest absolute Gasteiger partial charge is 0.207 e. The summed E-state index contributed by atoms with van der Waals surface area (Å²) >= 11 is 8.52. The van der Waals surface area contributed by atoms with Crippen molar-refractivity contribution in [3.05, 3.63) is 27.1 Å². The first-order valence-corrected chi connectivity index (χ1v) is 10.1. The van der Waals surface area contributed by atoms with Crippen molar-refractivity contribution in [1.29, 1.82) is 0 Å². The van der Waals surface area contributed by atoms with Gasteiger partial charge in [-0.15, -0.1) is 0 Å². The fourth-order valence-corrected chi connectivity index (χ4v) is 6.31. The SMILES string of the molecule is CCC1CN(S(=O)(=O)c2cc(Br)ccc2Br)CCS1. The van der Waals surface area contributed by atoms with Gasteiger partial charge in [-0.05, 0) is 40.5 Å². The monoisotopic (exact) mass is 427 g/mol. The molecule has 1 aromatic carbocycles. The fourth-order valence-electron chi connectivity index (χ4n) is 1.97. The summed E-state index contributed by atoms with van der Waals surface area (Å²) < 4.78 is 28.4. The van der Waals surface area contributed by atoms with Gasteiger partial charge in [0.2, 0.25) is 10.0 Å². The van der Waals surface area contributed by atoms with E-state index in [1.807, 2.05) is 17.8 Å². The summed E-state index contributed by atoms with van der Waals surface area (Å²) in [6.07, 6.45) is 0.996. The van der Waals surface area contributed by atoms with Gasteiger partial charge in [0.1, 0.15) is 0 Å². The van der Waals surface area contributed by atoms with Crippen LogP contribution in [0.5, 0.6) is 0 Å². The molecule has 0 bridgehead atoms. The molecular formula is C12H15Br2NO2S2. The Kier molecular flexibility index (Phi) is 5.39. The molecule has 106 valence electrons. The van der Waals surface area contributed by atoms with Crippen molar-refractivity contribution in [1.82, 2.24) is 4.31 Å². The zero-order chi connectivity index (χ0) is 14.0. The van der Waals surface area contributed by atoms with Gasteiger partial charge in [-0.2, -0.15) is 16.1 Å². The van der Waals surface area contributed by atoms with Crippen LogP contribution in [0.1, 0.15) is 13.3 Å². The van der Waals surface area contributed by atoms with Gasteiger partial charge in [0.25, 0.3) is 0 Å². The van der Waals surface area contributed by atoms with E-state index in [0.29, 0.717) is 27.7 Å². The van der Waals surface area contributed by atoms with Gasteiger partial charge in [-0.3, -0.25) is 0 Å². The van der Waals surface area contributed by atoms with Crippen molar-refractivity contribution >= 4 is 53.6 Å². The van der Waals surface area contributed by atoms with Crippen LogP contribution in [0.4, 0.5) is 0 Å². The lowest BCUT2D eigenvalue weighted by atomic mass is 10.3. The van der Waals surface area contributed by atoms with E-state index in [1.54, 1.807) is 16.4 Å². The minimum atomic E-state index is -3.42. The Labute approximate surface area is 135 Å². The average molecular weight is 429 g/mol. The van der Waals surface area contributed by atoms with Crippen LogP contribution in [0.3, 0.4) is 0 Å². The summed E-state index contributed by atoms with van der Waals surface area (Å²) in [7, 11) is -3.42. The highest BCUT2D eigenvalue weighted by Gasteiger charge is 2.31. The summed E-state index contributed by atoms with van der Waals surface area (Å²) in [5, 5.41) is 0.398. The zero-order valence-corrected chi connectivity index (χ0v) is 15.3. The van der Waals surface area contributed by atoms with Crippen molar-refractivity contribution in [2.45, 2.75) is 23.5 Å². The lowest BCUT2D eigenvalue weighted by Crippen LogP contribution is -2.41. The molecule has 7 heteroatoms. The predicted molar refractivity (Wildman–Crippen MR) is 87.1 cm³/mol. The van der Waals surface area contributed by atoms with Crippen LogP contribution in [0.25, 0.3) is 0 Å². The fraction of sp³-hybridized carbons (Fsp3) is 0.500. The minimum absolute atomic E-state index is 0.337. The van der Waals surface area contributed by atoms with Crippen LogP contribution in [0.15, 0.2) is 32.0 Å². The number of benzene rings is 1. The summed E-state index contributed by atoms with van der Waals surface area (Å²) in [6, 6.07) is 5.24. The van der Waals surface area contributed by atoms with Crippen LogP contribution in [0.2, 0.25) is 0 Å². The molecule has 2 rings (SSSR count). The second kappa shape index (κ2) is 6.47. The summed E-state index contributed by atoms with van der Waals surface area (Å²) in [5.74, 6) is 0.864. The van der Waals surface area contributed by atoms with Crippen molar-refractivity contribution in [2.24, 2.45) is 0 Å². The second-order valence-electron chi connectivity index (χ2n) is 4.34. The highest BCUT2D eigenvalue weighted by atomic mass is 79.9. The Morgan fingerprint density at radius 2 is 2.16 bits per heavy atom. The van der Waals surface area contributed by atoms with Gasteiger partial charge in [-0.1, -0.05) is 22.9 Å². The second-order valence-corrected chi connectivity index (χ2v) is 9.42. The number of halogens is 2. The molecule has 1 saturated heterocycles. The van der Waals surface area contributed by atoms with E-state index < -0.39 is 10.0 Å². The lowest BCUT2D eigenvalue weighted by molar-refractivity contribution is 0.415. The third-order valence-corrected chi connectivity index (χ3v) is 7.79. The maximum Gasteiger partial charge on any atom is 0.244 e. The third-order valence-electron chi connectivity index (χ3n) is 3.07. The largest absolute Gasteiger partial charge is 0.244 e. The van der Waals surface area contributed by atoms with E-state index in [1.165, 1.54) is 0 Å². The van der Waals surface area contributed by atoms with Crippen LogP contribution in [-0.2, 0) is 10.0 Å². The Morgan fingerprint density at radius 3 is 2.84 bits per heavy atom. The van der Waals surface area contributed by atoms with E-state index >= 15 is 0 Å². The first-order chi connectivity index (χ1) is 8.95. The van der Waals surface area contributed by atoms with Crippen molar-refractivity contribution < 1.29 is 8.42 Å². The molecule has 1 heterocycles. The highest BCUT2D eigenvalue weighted by molar-refractivity contribution is 9.11. The summed E-state index contributed by atoms with van der Waals surface area (Å²) in [4.78, 5) is 0.337. The van der Waals surface area contributed by atoms with Gasteiger partial charge in [-0.25, -0.2) is 8.42 Å². The van der Waals surface area contributed by atoms with E-state index in [0.717, 1.165) is 16.6 Å². The van der Waals surface area contributed by atoms with Crippen molar-refractivity contribution in [2.75, 3.05) is 18.8 Å². The van der Waals surface area contributed by atoms with Crippen LogP contribution >= 0.6 is 43.6 Å². The van der Waals surface area contributed by atoms with Gasteiger partial charge in [0, 0.05) is 33.0 Å². The molecule has 0 saturated carbocycles. The van der Waals surface area contributed by atoms with Gasteiger partial charge < -0.3 is 0 Å². The Morgan fingerprint density at radius 1 is 1.42 bits per heavy atom. The Bertz CT molecular complexity index is 563. The quantitative estimate of drug-likeness (QED) is 0.735. The highest BCUT2D eigenvalue weighted by Crippen LogP contribution is 2.31. The maximum absolute atomic E-state index is 12.7. The Balaban J connectivity index is 2.34. The van der Waals surface area contributed by atoms with E-state index in [4.69, 9.17) is 0 Å². The average Bonchev–Trinajstić information content (AvgIpc) is 2.41. The molecule has 1 unspecified atom stereocenters. The van der Waals surface area contributed by atoms with Crippen LogP contribution in [-0.4, -0.2) is 36.8 Å². The molecule has 1 aliphatic heterocycles. The maximum atomic E-state index is 12.7. The number of sulfonamides is 1. The number of hydrogen-bond acceptors (Lipinski definition) is 3. The molecule has 19 heavy (non-hydrogen) atoms. The first-order valence-electron chi connectivity index (χ1n) is 6.02. The zero-order valence-electron chi connectivity index (χ0n) is 10.5. The molecule has 0 N–H and O–H groups in total. The van der Waals surface area contributed by atoms with Crippen molar-refractivity contribution in [3.63, 3.8) is 0 Å². The molecule has 0 spiro atoms. The summed E-state index contributed by atoms with van der Waals surface area (Å²) in [6.45, 7) is 3.29. The molecule has 0 aliphatic carbocycles. The molecule has 0 aromatic heterocycles. The molecule has 3 nitrogen and oxygen atoms in total.